The van der Waals surface area contributed by atoms with E-state index >= 15 is 0 Å². The van der Waals surface area contributed by atoms with Crippen LogP contribution in [0.2, 0.25) is 0 Å². The van der Waals surface area contributed by atoms with Crippen LogP contribution in [0.15, 0.2) is 122 Å². The minimum absolute atomic E-state index is 0.368. The van der Waals surface area contributed by atoms with Crippen molar-refractivity contribution >= 4 is 43.6 Å². The third-order valence-corrected chi connectivity index (χ3v) is 10.5. The van der Waals surface area contributed by atoms with Crippen molar-refractivity contribution in [1.82, 2.24) is 44.0 Å². The molecule has 0 radical (unpaired) electrons. The first-order chi connectivity index (χ1) is 28.0. The van der Waals surface area contributed by atoms with Crippen molar-refractivity contribution in [3.05, 3.63) is 150 Å². The standard InChI is InChI=1S/C46H32F3N9/c1-25-51-26(2)54-44(53-25)29-13-16-40-34(21-29)32-9-5-7-11-38(32)57(40)42-18-15-31(46(47,48)49)23-36(42)37-24-50-20-19-43(37)58-39-12-8-6-10-33(39)35-22-30(14-17-41(35)58)45-55-27(3)52-28(4)56-45/h5-24H,1-4H3. The van der Waals surface area contributed by atoms with Crippen molar-refractivity contribution in [1.29, 1.82) is 0 Å². The van der Waals surface area contributed by atoms with Gasteiger partial charge < -0.3 is 9.13 Å². The Bertz CT molecular complexity index is 3250. The molecule has 0 bridgehead atoms. The number of halogens is 3. The van der Waals surface area contributed by atoms with E-state index in [4.69, 9.17) is 0 Å². The lowest BCUT2D eigenvalue weighted by Crippen LogP contribution is -2.08. The van der Waals surface area contributed by atoms with E-state index in [2.05, 4.69) is 45.5 Å². The molecule has 9 nitrogen and oxygen atoms in total. The van der Waals surface area contributed by atoms with Gasteiger partial charge in [-0.05, 0) is 100 Å². The summed E-state index contributed by atoms with van der Waals surface area (Å²) in [4.78, 5) is 31.6. The molecule has 282 valence electrons. The Morgan fingerprint density at radius 2 is 0.914 bits per heavy atom. The van der Waals surface area contributed by atoms with Crippen LogP contribution >= 0.6 is 0 Å². The molecule has 0 N–H and O–H groups in total. The van der Waals surface area contributed by atoms with E-state index in [1.807, 2.05) is 117 Å². The van der Waals surface area contributed by atoms with Crippen LogP contribution in [0.1, 0.15) is 28.9 Å². The summed E-state index contributed by atoms with van der Waals surface area (Å²) in [7, 11) is 0. The molecule has 5 aromatic heterocycles. The molecule has 0 saturated carbocycles. The van der Waals surface area contributed by atoms with Gasteiger partial charge in [0.25, 0.3) is 0 Å². The molecule has 5 heterocycles. The third kappa shape index (κ3) is 5.75. The Kier molecular flexibility index (Phi) is 7.94. The second-order valence-corrected chi connectivity index (χ2v) is 14.3. The van der Waals surface area contributed by atoms with E-state index in [-0.39, 0.29) is 0 Å². The molecule has 10 rings (SSSR count). The van der Waals surface area contributed by atoms with Crippen molar-refractivity contribution in [2.75, 3.05) is 0 Å². The predicted molar refractivity (Wildman–Crippen MR) is 220 cm³/mol. The average molecular weight is 768 g/mol. The van der Waals surface area contributed by atoms with E-state index in [9.17, 15) is 13.2 Å². The molecule has 12 heteroatoms. The number of aromatic nitrogens is 9. The smallest absolute Gasteiger partial charge is 0.309 e. The summed E-state index contributed by atoms with van der Waals surface area (Å²) in [5.41, 5.74) is 6.39. The van der Waals surface area contributed by atoms with Crippen LogP contribution in [-0.4, -0.2) is 44.0 Å². The van der Waals surface area contributed by atoms with Gasteiger partial charge in [-0.2, -0.15) is 13.2 Å². The van der Waals surface area contributed by atoms with Crippen LogP contribution < -0.4 is 0 Å². The Morgan fingerprint density at radius 1 is 0.448 bits per heavy atom. The molecule has 0 saturated heterocycles. The van der Waals surface area contributed by atoms with Gasteiger partial charge in [0.15, 0.2) is 11.6 Å². The van der Waals surface area contributed by atoms with Gasteiger partial charge in [-0.3, -0.25) is 4.98 Å². The number of hydrogen-bond donors (Lipinski definition) is 0. The quantitative estimate of drug-likeness (QED) is 0.172. The lowest BCUT2D eigenvalue weighted by molar-refractivity contribution is -0.137. The lowest BCUT2D eigenvalue weighted by atomic mass is 9.99. The van der Waals surface area contributed by atoms with Crippen LogP contribution in [0.4, 0.5) is 13.2 Å². The minimum Gasteiger partial charge on any atom is -0.309 e. The van der Waals surface area contributed by atoms with Gasteiger partial charge in [0.1, 0.15) is 23.3 Å². The topological polar surface area (TPSA) is 100 Å². The number of pyridine rings is 1. The SMILES string of the molecule is Cc1nc(C)nc(-c2ccc3c(c2)c2ccccc2n3-c2ccncc2-c2cc(C(F)(F)F)ccc2-n2c3ccccc3c3cc(-c4nc(C)nc(C)n4)ccc32)n1. The normalized spacial score (nSPS) is 12.1. The number of para-hydroxylation sites is 2. The Labute approximate surface area is 329 Å². The molecule has 0 atom stereocenters. The minimum atomic E-state index is -4.60. The maximum Gasteiger partial charge on any atom is 0.416 e. The van der Waals surface area contributed by atoms with Gasteiger partial charge in [-0.25, -0.2) is 29.9 Å². The molecular formula is C46H32F3N9. The highest BCUT2D eigenvalue weighted by Gasteiger charge is 2.32. The van der Waals surface area contributed by atoms with Crippen LogP contribution in [0, 0.1) is 27.7 Å². The molecule has 0 unspecified atom stereocenters. The average Bonchev–Trinajstić information content (AvgIpc) is 3.71. The number of hydrogen-bond acceptors (Lipinski definition) is 7. The zero-order chi connectivity index (χ0) is 39.9. The van der Waals surface area contributed by atoms with Crippen LogP contribution in [0.5, 0.6) is 0 Å². The van der Waals surface area contributed by atoms with Crippen molar-refractivity contribution < 1.29 is 13.2 Å². The fourth-order valence-electron chi connectivity index (χ4n) is 8.15. The predicted octanol–water partition coefficient (Wildman–Crippen LogP) is 10.9. The molecule has 0 aliphatic heterocycles. The summed E-state index contributed by atoms with van der Waals surface area (Å²) >= 11 is 0. The first-order valence-corrected chi connectivity index (χ1v) is 18.6. The van der Waals surface area contributed by atoms with E-state index in [1.54, 1.807) is 18.5 Å². The number of fused-ring (bicyclic) bond motifs is 6. The molecule has 58 heavy (non-hydrogen) atoms. The lowest BCUT2D eigenvalue weighted by Gasteiger charge is -2.20. The highest BCUT2D eigenvalue weighted by atomic mass is 19.4. The number of nitrogens with zero attached hydrogens (tertiary/aromatic N) is 9. The highest BCUT2D eigenvalue weighted by molar-refractivity contribution is 6.12. The maximum absolute atomic E-state index is 14.7. The van der Waals surface area contributed by atoms with Crippen molar-refractivity contribution in [3.63, 3.8) is 0 Å². The third-order valence-electron chi connectivity index (χ3n) is 10.5. The van der Waals surface area contributed by atoms with E-state index < -0.39 is 11.7 Å². The molecule has 5 aromatic carbocycles. The van der Waals surface area contributed by atoms with Crippen molar-refractivity contribution in [2.24, 2.45) is 0 Å². The number of rotatable bonds is 5. The second-order valence-electron chi connectivity index (χ2n) is 14.3. The molecule has 0 fully saturated rings. The molecule has 0 aliphatic rings. The van der Waals surface area contributed by atoms with Crippen molar-refractivity contribution in [2.45, 2.75) is 33.9 Å². The van der Waals surface area contributed by atoms with Gasteiger partial charge >= 0.3 is 6.18 Å². The van der Waals surface area contributed by atoms with Gasteiger partial charge in [0.2, 0.25) is 0 Å². The summed E-state index contributed by atoms with van der Waals surface area (Å²) in [5.74, 6) is 3.60. The van der Waals surface area contributed by atoms with Crippen LogP contribution in [0.25, 0.3) is 88.9 Å². The van der Waals surface area contributed by atoms with Gasteiger partial charge in [0, 0.05) is 56.2 Å². The molecule has 10 aromatic rings. The summed E-state index contributed by atoms with van der Waals surface area (Å²) in [6.07, 6.45) is -1.28. The summed E-state index contributed by atoms with van der Waals surface area (Å²) in [6.45, 7) is 7.34. The Hall–Kier alpha value is -7.34. The fourth-order valence-corrected chi connectivity index (χ4v) is 8.15. The van der Waals surface area contributed by atoms with Gasteiger partial charge in [0.05, 0.1) is 39.0 Å². The molecule has 0 spiro atoms. The van der Waals surface area contributed by atoms with Gasteiger partial charge in [-0.15, -0.1) is 0 Å². The number of alkyl halides is 3. The second kappa shape index (κ2) is 13.1. The zero-order valence-electron chi connectivity index (χ0n) is 31.7. The number of aryl methyl sites for hydroxylation is 4. The zero-order valence-corrected chi connectivity index (χ0v) is 31.7. The Morgan fingerprint density at radius 3 is 1.41 bits per heavy atom. The first kappa shape index (κ1) is 35.1. The highest BCUT2D eigenvalue weighted by Crippen LogP contribution is 2.43. The van der Waals surface area contributed by atoms with E-state index in [0.29, 0.717) is 57.4 Å². The van der Waals surface area contributed by atoms with Gasteiger partial charge in [-0.1, -0.05) is 36.4 Å². The molecule has 0 amide bonds. The van der Waals surface area contributed by atoms with Crippen LogP contribution in [-0.2, 0) is 6.18 Å². The largest absolute Gasteiger partial charge is 0.416 e. The molecular weight excluding hydrogens is 736 g/mol. The summed E-state index contributed by atoms with van der Waals surface area (Å²) in [6, 6.07) is 33.7. The summed E-state index contributed by atoms with van der Waals surface area (Å²) < 4.78 is 48.2. The molecule has 0 aliphatic carbocycles. The Balaban J connectivity index is 1.23. The maximum atomic E-state index is 14.7. The van der Waals surface area contributed by atoms with Crippen LogP contribution in [0.3, 0.4) is 0 Å². The fraction of sp³-hybridized carbons (Fsp3) is 0.109. The van der Waals surface area contributed by atoms with E-state index in [1.165, 1.54) is 6.07 Å². The number of benzene rings is 5. The summed E-state index contributed by atoms with van der Waals surface area (Å²) in [5, 5.41) is 3.75. The monoisotopic (exact) mass is 767 g/mol. The van der Waals surface area contributed by atoms with Crippen molar-refractivity contribution in [3.8, 4) is 45.3 Å². The first-order valence-electron chi connectivity index (χ1n) is 18.6. The van der Waals surface area contributed by atoms with E-state index in [0.717, 1.165) is 60.8 Å².